The second-order valence-electron chi connectivity index (χ2n) is 1.78. The Kier molecular flexibility index (Phi) is 6.84. The lowest BCUT2D eigenvalue weighted by Crippen LogP contribution is -2.28. The van der Waals surface area contributed by atoms with Gasteiger partial charge in [-0.05, 0) is 6.92 Å². The number of hydrogen-bond donors (Lipinski definition) is 2. The maximum absolute atomic E-state index is 5.31. The minimum Gasteiger partial charge on any atom is -0.352 e. The molecular weight excluding hydrogens is 132 g/mol. The third kappa shape index (κ3) is 4.69. The summed E-state index contributed by atoms with van der Waals surface area (Å²) in [6.45, 7) is 3.90. The highest BCUT2D eigenvalue weighted by molar-refractivity contribution is 4.43. The summed E-state index contributed by atoms with van der Waals surface area (Å²) in [5.74, 6) is 0. The van der Waals surface area contributed by atoms with E-state index in [1.165, 1.54) is 0 Å². The molecule has 0 bridgehead atoms. The van der Waals surface area contributed by atoms with Crippen molar-refractivity contribution in [1.82, 2.24) is 0 Å². The average molecular weight is 148 g/mol. The minimum absolute atomic E-state index is 0.284. The zero-order valence-electron chi connectivity index (χ0n) is 6.38. The fraction of sp³-hybridized carbons (Fsp3) is 1.00. The summed E-state index contributed by atoms with van der Waals surface area (Å²) in [4.78, 5) is 0. The lowest BCUT2D eigenvalue weighted by atomic mass is 10.6. The molecular formula is C6H16N2O2. The van der Waals surface area contributed by atoms with Gasteiger partial charge in [0.25, 0.3) is 0 Å². The Bertz CT molecular complexity index is 70.8. The Morgan fingerprint density at radius 1 is 1.30 bits per heavy atom. The maximum Gasteiger partial charge on any atom is 0.169 e. The fourth-order valence-electron chi connectivity index (χ4n) is 0.570. The first-order valence-electron chi connectivity index (χ1n) is 3.48. The number of nitrogens with two attached hydrogens (primary N) is 2. The molecule has 0 rings (SSSR count). The zero-order chi connectivity index (χ0) is 7.82. The van der Waals surface area contributed by atoms with E-state index in [0.717, 1.165) is 0 Å². The van der Waals surface area contributed by atoms with Gasteiger partial charge in [-0.25, -0.2) is 0 Å². The van der Waals surface area contributed by atoms with Crippen LogP contribution >= 0.6 is 0 Å². The molecule has 4 heteroatoms. The van der Waals surface area contributed by atoms with E-state index in [-0.39, 0.29) is 6.29 Å². The molecule has 4 N–H and O–H groups in total. The molecule has 0 saturated heterocycles. The Morgan fingerprint density at radius 3 is 2.40 bits per heavy atom. The summed E-state index contributed by atoms with van der Waals surface area (Å²) in [5.41, 5.74) is 10.5. The van der Waals surface area contributed by atoms with Gasteiger partial charge >= 0.3 is 0 Å². The van der Waals surface area contributed by atoms with Crippen LogP contribution in [0.5, 0.6) is 0 Å². The van der Waals surface area contributed by atoms with Gasteiger partial charge in [0, 0.05) is 19.7 Å². The van der Waals surface area contributed by atoms with E-state index in [9.17, 15) is 0 Å². The fourth-order valence-corrected chi connectivity index (χ4v) is 0.570. The van der Waals surface area contributed by atoms with E-state index in [1.54, 1.807) is 0 Å². The molecule has 1 atom stereocenters. The Hall–Kier alpha value is -0.160. The van der Waals surface area contributed by atoms with Gasteiger partial charge in [-0.2, -0.15) is 0 Å². The molecule has 0 aromatic heterocycles. The second-order valence-corrected chi connectivity index (χ2v) is 1.78. The molecule has 0 saturated carbocycles. The van der Waals surface area contributed by atoms with E-state index >= 15 is 0 Å². The predicted molar refractivity (Wildman–Crippen MR) is 39.5 cm³/mol. The van der Waals surface area contributed by atoms with E-state index in [0.29, 0.717) is 26.3 Å². The molecule has 0 aromatic rings. The van der Waals surface area contributed by atoms with Crippen LogP contribution < -0.4 is 11.5 Å². The standard InChI is InChI=1S/C6H16N2O2/c1-2-9-6(5-8)10-4-3-7/h6H,2-5,7-8H2,1H3. The minimum atomic E-state index is -0.284. The van der Waals surface area contributed by atoms with Gasteiger partial charge in [0.2, 0.25) is 0 Å². The molecule has 0 aliphatic heterocycles. The zero-order valence-corrected chi connectivity index (χ0v) is 6.38. The lowest BCUT2D eigenvalue weighted by molar-refractivity contribution is -0.130. The van der Waals surface area contributed by atoms with Crippen molar-refractivity contribution in [3.63, 3.8) is 0 Å². The Balaban J connectivity index is 3.21. The highest BCUT2D eigenvalue weighted by Gasteiger charge is 2.03. The topological polar surface area (TPSA) is 70.5 Å². The van der Waals surface area contributed by atoms with E-state index < -0.39 is 0 Å². The first kappa shape index (κ1) is 9.84. The van der Waals surface area contributed by atoms with Crippen LogP contribution in [0, 0.1) is 0 Å². The van der Waals surface area contributed by atoms with Crippen LogP contribution in [-0.4, -0.2) is 32.6 Å². The quantitative estimate of drug-likeness (QED) is 0.488. The summed E-state index contributed by atoms with van der Waals surface area (Å²) >= 11 is 0. The highest BCUT2D eigenvalue weighted by Crippen LogP contribution is 1.90. The van der Waals surface area contributed by atoms with Crippen molar-refractivity contribution in [1.29, 1.82) is 0 Å². The van der Waals surface area contributed by atoms with Gasteiger partial charge in [0.1, 0.15) is 0 Å². The van der Waals surface area contributed by atoms with Crippen molar-refractivity contribution in [3.8, 4) is 0 Å². The van der Waals surface area contributed by atoms with Gasteiger partial charge in [0.05, 0.1) is 6.61 Å². The van der Waals surface area contributed by atoms with Crippen LogP contribution in [-0.2, 0) is 9.47 Å². The first-order chi connectivity index (χ1) is 4.85. The van der Waals surface area contributed by atoms with E-state index in [1.807, 2.05) is 6.92 Å². The van der Waals surface area contributed by atoms with Crippen LogP contribution in [0.15, 0.2) is 0 Å². The third-order valence-electron chi connectivity index (χ3n) is 0.967. The SMILES string of the molecule is CCOC(CN)OCCN. The third-order valence-corrected chi connectivity index (χ3v) is 0.967. The summed E-state index contributed by atoms with van der Waals surface area (Å²) in [5, 5.41) is 0. The molecule has 0 aliphatic rings. The van der Waals surface area contributed by atoms with Gasteiger partial charge in [-0.1, -0.05) is 0 Å². The summed E-state index contributed by atoms with van der Waals surface area (Å²) in [6.07, 6.45) is -0.284. The molecule has 0 aliphatic carbocycles. The van der Waals surface area contributed by atoms with Crippen molar-refractivity contribution in [2.24, 2.45) is 11.5 Å². The van der Waals surface area contributed by atoms with Crippen molar-refractivity contribution in [2.75, 3.05) is 26.3 Å². The van der Waals surface area contributed by atoms with Crippen LogP contribution in [0.4, 0.5) is 0 Å². The smallest absolute Gasteiger partial charge is 0.169 e. The van der Waals surface area contributed by atoms with Gasteiger partial charge in [0.15, 0.2) is 6.29 Å². The largest absolute Gasteiger partial charge is 0.352 e. The number of hydrogen-bond acceptors (Lipinski definition) is 4. The lowest BCUT2D eigenvalue weighted by Gasteiger charge is -2.14. The van der Waals surface area contributed by atoms with E-state index in [4.69, 9.17) is 20.9 Å². The molecule has 62 valence electrons. The Labute approximate surface area is 61.5 Å². The van der Waals surface area contributed by atoms with Crippen molar-refractivity contribution < 1.29 is 9.47 Å². The van der Waals surface area contributed by atoms with Gasteiger partial charge < -0.3 is 20.9 Å². The molecule has 0 fully saturated rings. The summed E-state index contributed by atoms with van der Waals surface area (Å²) in [6, 6.07) is 0. The van der Waals surface area contributed by atoms with Crippen molar-refractivity contribution in [2.45, 2.75) is 13.2 Å². The van der Waals surface area contributed by atoms with Crippen molar-refractivity contribution in [3.05, 3.63) is 0 Å². The molecule has 0 spiro atoms. The summed E-state index contributed by atoms with van der Waals surface area (Å²) < 4.78 is 10.2. The number of rotatable bonds is 6. The Morgan fingerprint density at radius 2 is 2.00 bits per heavy atom. The second kappa shape index (κ2) is 6.95. The molecule has 1 unspecified atom stereocenters. The average Bonchev–Trinajstić information content (AvgIpc) is 1.98. The highest BCUT2D eigenvalue weighted by atomic mass is 16.7. The van der Waals surface area contributed by atoms with Gasteiger partial charge in [-0.15, -0.1) is 0 Å². The van der Waals surface area contributed by atoms with Crippen LogP contribution in [0.25, 0.3) is 0 Å². The van der Waals surface area contributed by atoms with Crippen LogP contribution in [0.1, 0.15) is 6.92 Å². The first-order valence-corrected chi connectivity index (χ1v) is 3.48. The molecule has 10 heavy (non-hydrogen) atoms. The predicted octanol–water partition coefficient (Wildman–Crippen LogP) is -0.717. The summed E-state index contributed by atoms with van der Waals surface area (Å²) in [7, 11) is 0. The molecule has 4 nitrogen and oxygen atoms in total. The number of ether oxygens (including phenoxy) is 2. The molecule has 0 amide bonds. The van der Waals surface area contributed by atoms with Crippen LogP contribution in [0.3, 0.4) is 0 Å². The van der Waals surface area contributed by atoms with E-state index in [2.05, 4.69) is 0 Å². The maximum atomic E-state index is 5.31. The monoisotopic (exact) mass is 148 g/mol. The molecule has 0 heterocycles. The normalized spacial score (nSPS) is 13.5. The van der Waals surface area contributed by atoms with Gasteiger partial charge in [-0.3, -0.25) is 0 Å². The van der Waals surface area contributed by atoms with Crippen LogP contribution in [0.2, 0.25) is 0 Å². The van der Waals surface area contributed by atoms with Crippen molar-refractivity contribution >= 4 is 0 Å². The molecule has 0 radical (unpaired) electrons. The molecule has 0 aromatic carbocycles.